The fourth-order valence-corrected chi connectivity index (χ4v) is 1.02. The molecular weight excluding hydrogens is 220 g/mol. The molecule has 0 unspecified atom stereocenters. The van der Waals surface area contributed by atoms with E-state index in [1.54, 1.807) is 20.8 Å². The minimum absolute atomic E-state index is 0.0504. The highest BCUT2D eigenvalue weighted by Crippen LogP contribution is 2.15. The number of carbonyl (C=O) groups excluding carboxylic acids is 1. The van der Waals surface area contributed by atoms with E-state index in [1.807, 2.05) is 27.7 Å². The van der Waals surface area contributed by atoms with Gasteiger partial charge in [-0.05, 0) is 48.5 Å². The molecule has 0 aromatic heterocycles. The third-order valence-corrected chi connectivity index (χ3v) is 1.64. The number of hydrogen-bond acceptors (Lipinski definition) is 4. The molecule has 0 fully saturated rings. The van der Waals surface area contributed by atoms with E-state index in [1.165, 1.54) is 0 Å². The maximum Gasteiger partial charge on any atom is 0.341 e. The van der Waals surface area contributed by atoms with E-state index >= 15 is 0 Å². The van der Waals surface area contributed by atoms with E-state index in [0.717, 1.165) is 0 Å². The van der Waals surface area contributed by atoms with Crippen molar-refractivity contribution in [2.24, 2.45) is 0 Å². The molecule has 0 amide bonds. The Kier molecular flexibility index (Phi) is 6.69. The van der Waals surface area contributed by atoms with Crippen LogP contribution in [0, 0.1) is 0 Å². The lowest BCUT2D eigenvalue weighted by Gasteiger charge is -2.19. The first-order chi connectivity index (χ1) is 7.73. The number of carbonyl (C=O) groups is 1. The molecule has 0 bridgehead atoms. The first-order valence-electron chi connectivity index (χ1n) is 5.99. The van der Waals surface area contributed by atoms with Gasteiger partial charge in [-0.2, -0.15) is 0 Å². The van der Waals surface area contributed by atoms with Crippen LogP contribution < -0.4 is 0 Å². The van der Waals surface area contributed by atoms with Crippen molar-refractivity contribution in [3.63, 3.8) is 0 Å². The topological polar surface area (TPSA) is 44.8 Å². The Morgan fingerprint density at radius 2 is 1.12 bits per heavy atom. The van der Waals surface area contributed by atoms with Crippen molar-refractivity contribution < 1.29 is 19.0 Å². The first-order valence-corrected chi connectivity index (χ1v) is 5.99. The van der Waals surface area contributed by atoms with Crippen LogP contribution >= 0.6 is 0 Å². The Morgan fingerprint density at radius 3 is 1.41 bits per heavy atom. The van der Waals surface area contributed by atoms with Gasteiger partial charge in [0.05, 0.1) is 18.3 Å². The number of rotatable bonds is 6. The summed E-state index contributed by atoms with van der Waals surface area (Å²) < 4.78 is 16.1. The van der Waals surface area contributed by atoms with Gasteiger partial charge in [0.15, 0.2) is 0 Å². The van der Waals surface area contributed by atoms with Gasteiger partial charge in [0.2, 0.25) is 0 Å². The highest BCUT2D eigenvalue weighted by molar-refractivity contribution is 5.88. The molecule has 0 spiro atoms. The Hall–Kier alpha value is -1.19. The summed E-state index contributed by atoms with van der Waals surface area (Å²) in [4.78, 5) is 11.7. The molecule has 0 saturated carbocycles. The van der Waals surface area contributed by atoms with Gasteiger partial charge in [-0.25, -0.2) is 4.79 Å². The van der Waals surface area contributed by atoms with E-state index in [0.29, 0.717) is 5.57 Å². The summed E-state index contributed by atoms with van der Waals surface area (Å²) in [6.45, 7) is 12.8. The van der Waals surface area contributed by atoms with Crippen molar-refractivity contribution in [2.45, 2.75) is 66.8 Å². The predicted molar refractivity (Wildman–Crippen MR) is 66.4 cm³/mol. The molecule has 4 heteroatoms. The largest absolute Gasteiger partial charge is 0.462 e. The maximum absolute atomic E-state index is 11.7. The van der Waals surface area contributed by atoms with Crippen LogP contribution in [0.5, 0.6) is 0 Å². The number of ether oxygens (including phenoxy) is 3. The molecule has 0 rings (SSSR count). The fourth-order valence-electron chi connectivity index (χ4n) is 1.02. The van der Waals surface area contributed by atoms with Crippen LogP contribution in [0.2, 0.25) is 0 Å². The quantitative estimate of drug-likeness (QED) is 0.409. The second kappa shape index (κ2) is 7.20. The van der Waals surface area contributed by atoms with Crippen LogP contribution in [0.25, 0.3) is 0 Å². The molecule has 0 radical (unpaired) electrons. The lowest BCUT2D eigenvalue weighted by Crippen LogP contribution is -2.18. The summed E-state index contributed by atoms with van der Waals surface area (Å²) in [5.41, 5.74) is 0.362. The van der Waals surface area contributed by atoms with Gasteiger partial charge in [0.25, 0.3) is 5.95 Å². The zero-order chi connectivity index (χ0) is 13.6. The second-order valence-corrected chi connectivity index (χ2v) is 4.70. The molecule has 100 valence electrons. The zero-order valence-corrected chi connectivity index (χ0v) is 11.9. The van der Waals surface area contributed by atoms with Gasteiger partial charge in [0.1, 0.15) is 5.57 Å². The van der Waals surface area contributed by atoms with E-state index in [-0.39, 0.29) is 24.3 Å². The van der Waals surface area contributed by atoms with E-state index in [4.69, 9.17) is 14.2 Å². The lowest BCUT2D eigenvalue weighted by atomic mass is 10.3. The molecular formula is C13H24O4. The summed E-state index contributed by atoms with van der Waals surface area (Å²) in [5, 5.41) is 0. The molecule has 0 atom stereocenters. The Morgan fingerprint density at radius 1 is 0.765 bits per heavy atom. The van der Waals surface area contributed by atoms with Gasteiger partial charge in [-0.15, -0.1) is 0 Å². The summed E-state index contributed by atoms with van der Waals surface area (Å²) in [5.74, 6) is -0.156. The molecule has 0 aliphatic rings. The average molecular weight is 244 g/mol. The smallest absolute Gasteiger partial charge is 0.341 e. The molecule has 0 saturated heterocycles. The second-order valence-electron chi connectivity index (χ2n) is 4.70. The van der Waals surface area contributed by atoms with Crippen LogP contribution in [0.1, 0.15) is 48.5 Å². The fraction of sp³-hybridized carbons (Fsp3) is 0.769. The molecule has 0 heterocycles. The van der Waals surface area contributed by atoms with E-state index in [2.05, 4.69) is 0 Å². The van der Waals surface area contributed by atoms with Crippen LogP contribution in [0.4, 0.5) is 0 Å². The molecule has 4 nitrogen and oxygen atoms in total. The normalized spacial score (nSPS) is 10.7. The Bertz CT molecular complexity index is 265. The Balaban J connectivity index is 4.87. The Labute approximate surface area is 104 Å². The highest BCUT2D eigenvalue weighted by Gasteiger charge is 2.18. The minimum atomic E-state index is -0.406. The summed E-state index contributed by atoms with van der Waals surface area (Å²) >= 11 is 0. The van der Waals surface area contributed by atoms with Crippen molar-refractivity contribution in [1.82, 2.24) is 0 Å². The maximum atomic E-state index is 11.7. The minimum Gasteiger partial charge on any atom is -0.462 e. The van der Waals surface area contributed by atoms with Gasteiger partial charge in [0, 0.05) is 0 Å². The number of esters is 1. The zero-order valence-electron chi connectivity index (χ0n) is 11.9. The van der Waals surface area contributed by atoms with Gasteiger partial charge >= 0.3 is 5.97 Å². The number of hydrogen-bond donors (Lipinski definition) is 0. The first kappa shape index (κ1) is 15.8. The monoisotopic (exact) mass is 244 g/mol. The molecule has 0 aromatic carbocycles. The highest BCUT2D eigenvalue weighted by atomic mass is 16.7. The van der Waals surface area contributed by atoms with Gasteiger partial charge in [-0.3, -0.25) is 0 Å². The van der Waals surface area contributed by atoms with Crippen LogP contribution in [0.15, 0.2) is 11.5 Å². The van der Waals surface area contributed by atoms with Crippen molar-refractivity contribution in [1.29, 1.82) is 0 Å². The average Bonchev–Trinajstić information content (AvgIpc) is 2.12. The van der Waals surface area contributed by atoms with Crippen molar-refractivity contribution >= 4 is 5.97 Å². The summed E-state index contributed by atoms with van der Waals surface area (Å²) in [6, 6.07) is 0. The molecule has 0 aliphatic carbocycles. The van der Waals surface area contributed by atoms with Crippen LogP contribution in [-0.4, -0.2) is 24.3 Å². The van der Waals surface area contributed by atoms with Crippen molar-refractivity contribution in [2.75, 3.05) is 0 Å². The predicted octanol–water partition coefficient (Wildman–Crippen LogP) is 3.02. The SMILES string of the molecule is CC(C(=O)OC(C)C)=C(OC(C)C)OC(C)C. The summed E-state index contributed by atoms with van der Waals surface area (Å²) in [6.07, 6.45) is -0.257. The standard InChI is InChI=1S/C13H24O4/c1-8(2)15-12(14)11(7)13(16-9(3)4)17-10(5)6/h8-10H,1-7H3. The van der Waals surface area contributed by atoms with Crippen molar-refractivity contribution in [3.8, 4) is 0 Å². The van der Waals surface area contributed by atoms with E-state index in [9.17, 15) is 4.79 Å². The van der Waals surface area contributed by atoms with Crippen LogP contribution in [0.3, 0.4) is 0 Å². The lowest BCUT2D eigenvalue weighted by molar-refractivity contribution is -0.143. The third kappa shape index (κ3) is 6.87. The molecule has 0 aromatic rings. The third-order valence-electron chi connectivity index (χ3n) is 1.64. The summed E-state index contributed by atoms with van der Waals surface area (Å²) in [7, 11) is 0. The van der Waals surface area contributed by atoms with Crippen molar-refractivity contribution in [3.05, 3.63) is 11.5 Å². The van der Waals surface area contributed by atoms with Crippen LogP contribution in [-0.2, 0) is 19.0 Å². The van der Waals surface area contributed by atoms with Gasteiger partial charge < -0.3 is 14.2 Å². The van der Waals surface area contributed by atoms with E-state index < -0.39 is 5.97 Å². The molecule has 0 aliphatic heterocycles. The van der Waals surface area contributed by atoms with Gasteiger partial charge in [-0.1, -0.05) is 0 Å². The molecule has 17 heavy (non-hydrogen) atoms. The molecule has 0 N–H and O–H groups in total.